The van der Waals surface area contributed by atoms with Crippen molar-refractivity contribution in [1.82, 2.24) is 9.36 Å². The Morgan fingerprint density at radius 1 is 1.50 bits per heavy atom. The summed E-state index contributed by atoms with van der Waals surface area (Å²) in [5.41, 5.74) is 5.55. The molecule has 4 nitrogen and oxygen atoms in total. The van der Waals surface area contributed by atoms with Crippen LogP contribution >= 0.6 is 22.9 Å². The zero-order valence-electron chi connectivity index (χ0n) is 9.25. The molecular weight excluding hydrogens is 240 g/mol. The molecule has 2 aromatic heterocycles. The monoisotopic (exact) mass is 254 g/mol. The van der Waals surface area contributed by atoms with Gasteiger partial charge in [-0.3, -0.25) is 0 Å². The summed E-state index contributed by atoms with van der Waals surface area (Å²) in [6, 6.07) is 4.58. The van der Waals surface area contributed by atoms with Crippen molar-refractivity contribution in [3.8, 4) is 0 Å². The van der Waals surface area contributed by atoms with Gasteiger partial charge in [0.05, 0.1) is 6.54 Å². The van der Waals surface area contributed by atoms with Gasteiger partial charge in [0, 0.05) is 22.5 Å². The molecule has 0 saturated carbocycles. The molecule has 2 N–H and O–H groups in total. The average molecular weight is 254 g/mol. The van der Waals surface area contributed by atoms with Crippen LogP contribution in [0.2, 0.25) is 0 Å². The van der Waals surface area contributed by atoms with Crippen LogP contribution in [0.1, 0.15) is 18.7 Å². The van der Waals surface area contributed by atoms with Crippen LogP contribution in [-0.4, -0.2) is 15.4 Å². The molecule has 2 heterocycles. The van der Waals surface area contributed by atoms with E-state index in [4.69, 9.17) is 5.73 Å². The van der Waals surface area contributed by atoms with E-state index in [9.17, 15) is 0 Å². The summed E-state index contributed by atoms with van der Waals surface area (Å²) in [7, 11) is 0. The predicted molar refractivity (Wildman–Crippen MR) is 70.0 cm³/mol. The first-order valence-corrected chi connectivity index (χ1v) is 6.70. The van der Waals surface area contributed by atoms with E-state index in [0.29, 0.717) is 12.0 Å². The molecule has 0 fully saturated rings. The third-order valence-corrected chi connectivity index (χ3v) is 3.83. The van der Waals surface area contributed by atoms with Gasteiger partial charge in [0.25, 0.3) is 0 Å². The summed E-state index contributed by atoms with van der Waals surface area (Å²) in [5.74, 6) is 0.358. The zero-order chi connectivity index (χ0) is 11.5. The van der Waals surface area contributed by atoms with Crippen LogP contribution < -0.4 is 10.6 Å². The summed E-state index contributed by atoms with van der Waals surface area (Å²) < 4.78 is 4.02. The van der Waals surface area contributed by atoms with Crippen molar-refractivity contribution < 1.29 is 0 Å². The summed E-state index contributed by atoms with van der Waals surface area (Å²) in [6.45, 7) is 5.15. The van der Waals surface area contributed by atoms with Crippen molar-refractivity contribution >= 4 is 33.9 Å². The molecule has 0 aliphatic carbocycles. The molecule has 16 heavy (non-hydrogen) atoms. The number of hydrogen-bond acceptors (Lipinski definition) is 6. The molecule has 0 radical (unpaired) electrons. The van der Waals surface area contributed by atoms with Gasteiger partial charge in [-0.15, -0.1) is 11.3 Å². The lowest BCUT2D eigenvalue weighted by atomic mass is 10.3. The topological polar surface area (TPSA) is 55.0 Å². The Labute approximate surface area is 103 Å². The van der Waals surface area contributed by atoms with Gasteiger partial charge in [0.1, 0.15) is 0 Å². The fraction of sp³-hybridized carbons (Fsp3) is 0.400. The average Bonchev–Trinajstić information content (AvgIpc) is 2.84. The van der Waals surface area contributed by atoms with Gasteiger partial charge in [-0.2, -0.15) is 9.36 Å². The van der Waals surface area contributed by atoms with Gasteiger partial charge >= 0.3 is 0 Å². The molecule has 2 rings (SSSR count). The highest BCUT2D eigenvalue weighted by Gasteiger charge is 2.15. The number of aromatic nitrogens is 2. The zero-order valence-corrected chi connectivity index (χ0v) is 10.9. The van der Waals surface area contributed by atoms with Crippen LogP contribution in [0.3, 0.4) is 0 Å². The minimum Gasteiger partial charge on any atom is -0.367 e. The van der Waals surface area contributed by atoms with Crippen LogP contribution in [0.25, 0.3) is 0 Å². The second-order valence-corrected chi connectivity index (χ2v) is 5.50. The Kier molecular flexibility index (Phi) is 3.40. The summed E-state index contributed by atoms with van der Waals surface area (Å²) >= 11 is 3.11. The largest absolute Gasteiger partial charge is 0.367 e. The standard InChI is InChI=1S/C10H14N4S2/c1-7(2)14(6-8-4-3-5-15-8)10-12-9(11)13-16-10/h3-5,7H,6H2,1-2H3,(H2,11,13). The van der Waals surface area contributed by atoms with Crippen LogP contribution in [0.5, 0.6) is 0 Å². The van der Waals surface area contributed by atoms with Crippen molar-refractivity contribution in [3.63, 3.8) is 0 Å². The number of anilines is 2. The highest BCUT2D eigenvalue weighted by Crippen LogP contribution is 2.24. The molecule has 6 heteroatoms. The Morgan fingerprint density at radius 3 is 2.81 bits per heavy atom. The maximum Gasteiger partial charge on any atom is 0.233 e. The fourth-order valence-corrected chi connectivity index (χ4v) is 2.82. The Hall–Kier alpha value is -1.14. The predicted octanol–water partition coefficient (Wildman–Crippen LogP) is 2.60. The third-order valence-electron chi connectivity index (χ3n) is 2.21. The van der Waals surface area contributed by atoms with Crippen molar-refractivity contribution in [3.05, 3.63) is 22.4 Å². The lowest BCUT2D eigenvalue weighted by Crippen LogP contribution is -2.29. The van der Waals surface area contributed by atoms with E-state index in [-0.39, 0.29) is 0 Å². The molecule has 0 aliphatic heterocycles. The first-order chi connectivity index (χ1) is 7.66. The number of nitrogen functional groups attached to an aromatic ring is 1. The normalized spacial score (nSPS) is 10.9. The Bertz CT molecular complexity index is 435. The van der Waals surface area contributed by atoms with Gasteiger partial charge in [-0.1, -0.05) is 6.07 Å². The number of nitrogens with zero attached hydrogens (tertiary/aromatic N) is 3. The van der Waals surface area contributed by atoms with E-state index >= 15 is 0 Å². The van der Waals surface area contributed by atoms with E-state index in [1.807, 2.05) is 0 Å². The molecule has 0 atom stereocenters. The smallest absolute Gasteiger partial charge is 0.233 e. The van der Waals surface area contributed by atoms with Crippen molar-refractivity contribution in [1.29, 1.82) is 0 Å². The van der Waals surface area contributed by atoms with Gasteiger partial charge in [-0.05, 0) is 25.3 Å². The van der Waals surface area contributed by atoms with Crippen LogP contribution in [0, 0.1) is 0 Å². The number of rotatable bonds is 4. The highest BCUT2D eigenvalue weighted by molar-refractivity contribution is 7.10. The summed E-state index contributed by atoms with van der Waals surface area (Å²) in [4.78, 5) is 7.76. The molecule has 0 aromatic carbocycles. The maximum atomic E-state index is 5.55. The van der Waals surface area contributed by atoms with Gasteiger partial charge in [0.15, 0.2) is 0 Å². The van der Waals surface area contributed by atoms with Crippen LogP contribution in [0.15, 0.2) is 17.5 Å². The van der Waals surface area contributed by atoms with Gasteiger partial charge < -0.3 is 10.6 Å². The quantitative estimate of drug-likeness (QED) is 0.911. The summed E-state index contributed by atoms with van der Waals surface area (Å²) in [5, 5.41) is 2.98. The second-order valence-electron chi connectivity index (χ2n) is 3.74. The molecule has 0 saturated heterocycles. The summed E-state index contributed by atoms with van der Waals surface area (Å²) in [6.07, 6.45) is 0. The van der Waals surface area contributed by atoms with Crippen molar-refractivity contribution in [2.45, 2.75) is 26.4 Å². The van der Waals surface area contributed by atoms with E-state index in [0.717, 1.165) is 11.7 Å². The molecule has 0 bridgehead atoms. The molecule has 2 aromatic rings. The fourth-order valence-electron chi connectivity index (χ4n) is 1.38. The maximum absolute atomic E-state index is 5.55. The molecule has 0 aliphatic rings. The Balaban J connectivity index is 2.18. The first kappa shape index (κ1) is 11.3. The second kappa shape index (κ2) is 4.80. The van der Waals surface area contributed by atoms with E-state index in [1.165, 1.54) is 16.4 Å². The Morgan fingerprint density at radius 2 is 2.31 bits per heavy atom. The SMILES string of the molecule is CC(C)N(Cc1cccs1)c1nc(N)ns1. The van der Waals surface area contributed by atoms with E-state index in [2.05, 4.69) is 45.6 Å². The molecule has 0 unspecified atom stereocenters. The van der Waals surface area contributed by atoms with Crippen molar-refractivity contribution in [2.75, 3.05) is 10.6 Å². The van der Waals surface area contributed by atoms with Gasteiger partial charge in [0.2, 0.25) is 11.1 Å². The van der Waals surface area contributed by atoms with E-state index < -0.39 is 0 Å². The lowest BCUT2D eigenvalue weighted by Gasteiger charge is -2.24. The third kappa shape index (κ3) is 2.51. The molecule has 0 amide bonds. The molecular formula is C10H14N4S2. The minimum absolute atomic E-state index is 0.358. The number of thiophene rings is 1. The van der Waals surface area contributed by atoms with Gasteiger partial charge in [-0.25, -0.2) is 0 Å². The van der Waals surface area contributed by atoms with Crippen LogP contribution in [0.4, 0.5) is 11.1 Å². The van der Waals surface area contributed by atoms with Crippen LogP contribution in [-0.2, 0) is 6.54 Å². The molecule has 0 spiro atoms. The number of nitrogens with two attached hydrogens (primary N) is 1. The minimum atomic E-state index is 0.358. The highest BCUT2D eigenvalue weighted by atomic mass is 32.1. The lowest BCUT2D eigenvalue weighted by molar-refractivity contribution is 0.685. The molecule has 86 valence electrons. The van der Waals surface area contributed by atoms with E-state index in [1.54, 1.807) is 11.3 Å². The number of hydrogen-bond donors (Lipinski definition) is 1. The first-order valence-electron chi connectivity index (χ1n) is 5.05. The van der Waals surface area contributed by atoms with Crippen molar-refractivity contribution in [2.24, 2.45) is 0 Å².